The van der Waals surface area contributed by atoms with Gasteiger partial charge in [0.05, 0.1) is 29.3 Å². The quantitative estimate of drug-likeness (QED) is 0.164. The first-order chi connectivity index (χ1) is 24.8. The molecule has 272 valence electrons. The van der Waals surface area contributed by atoms with Gasteiger partial charge in [0.1, 0.15) is 5.69 Å². The third-order valence-electron chi connectivity index (χ3n) is 9.38. The van der Waals surface area contributed by atoms with Gasteiger partial charge < -0.3 is 20.4 Å². The molecule has 13 heteroatoms. The number of imidazole rings is 1. The molecule has 1 amide bonds. The number of rotatable bonds is 10. The van der Waals surface area contributed by atoms with E-state index < -0.39 is 17.6 Å². The number of hydrogen-bond donors (Lipinski definition) is 2. The van der Waals surface area contributed by atoms with Gasteiger partial charge in [-0.05, 0) is 101 Å². The van der Waals surface area contributed by atoms with Crippen molar-refractivity contribution in [3.05, 3.63) is 107 Å². The molecule has 2 N–H and O–H groups in total. The van der Waals surface area contributed by atoms with E-state index in [-0.39, 0.29) is 29.4 Å². The van der Waals surface area contributed by atoms with E-state index in [9.17, 15) is 18.0 Å². The molecule has 6 rings (SSSR count). The van der Waals surface area contributed by atoms with Crippen LogP contribution in [-0.2, 0) is 19.3 Å². The van der Waals surface area contributed by atoms with E-state index in [1.54, 1.807) is 30.6 Å². The van der Waals surface area contributed by atoms with Crippen molar-refractivity contribution in [2.75, 3.05) is 58.0 Å². The Labute approximate surface area is 302 Å². The number of amides is 1. The summed E-state index contributed by atoms with van der Waals surface area (Å²) in [4.78, 5) is 24.3. The van der Waals surface area contributed by atoms with Crippen LogP contribution >= 0.6 is 0 Å². The van der Waals surface area contributed by atoms with Crippen molar-refractivity contribution in [2.24, 2.45) is 0 Å². The summed E-state index contributed by atoms with van der Waals surface area (Å²) in [5, 5.41) is 10.5. The molecule has 1 aliphatic rings. The van der Waals surface area contributed by atoms with Crippen molar-refractivity contribution < 1.29 is 18.0 Å². The molecular weight excluding hydrogens is 667 g/mol. The average molecular weight is 712 g/mol. The maximum atomic E-state index is 14.2. The summed E-state index contributed by atoms with van der Waals surface area (Å²) in [6, 6.07) is 13.2. The van der Waals surface area contributed by atoms with E-state index in [1.807, 2.05) is 52.5 Å². The van der Waals surface area contributed by atoms with Gasteiger partial charge >= 0.3 is 6.18 Å². The number of aryl methyl sites for hydroxylation is 2. The van der Waals surface area contributed by atoms with Gasteiger partial charge in [-0.1, -0.05) is 18.1 Å². The third-order valence-corrected chi connectivity index (χ3v) is 9.38. The third kappa shape index (κ3) is 8.82. The molecule has 0 aliphatic carbocycles. The van der Waals surface area contributed by atoms with Gasteiger partial charge in [-0.2, -0.15) is 18.3 Å². The number of carbonyl (C=O) groups is 1. The molecule has 4 heterocycles. The fourth-order valence-electron chi connectivity index (χ4n) is 6.25. The molecule has 1 unspecified atom stereocenters. The van der Waals surface area contributed by atoms with E-state index >= 15 is 0 Å². The van der Waals surface area contributed by atoms with Crippen molar-refractivity contribution in [1.82, 2.24) is 33.9 Å². The molecule has 1 saturated heterocycles. The first kappa shape index (κ1) is 36.6. The number of halogens is 3. The van der Waals surface area contributed by atoms with Crippen molar-refractivity contribution in [2.45, 2.75) is 45.6 Å². The Morgan fingerprint density at radius 3 is 2.65 bits per heavy atom. The molecule has 5 aromatic rings. The van der Waals surface area contributed by atoms with Gasteiger partial charge in [0, 0.05) is 68.0 Å². The van der Waals surface area contributed by atoms with Gasteiger partial charge in [0.15, 0.2) is 5.65 Å². The number of benzene rings is 2. The number of likely N-dealkylation sites (N-methyl/N-ethyl adjacent to an activating group) is 1. The standard InChI is InChI=1S/C39H44F3N9O/c1-27-9-10-30(38(52)46-32-13-11-31(35(21-32)39(40,41)42)25-49-19-18-48(5)28(2)24-49)20-29(27)12-14-34-23-43-37-36(8-6-17-51(34)37)45-33-22-44-50(26-33)16-7-15-47(3)4/h6,8-11,13,17,20-23,26,28,45H,7,15-16,18-19,24-25H2,1-5H3,(H,46,52). The van der Waals surface area contributed by atoms with Crippen molar-refractivity contribution >= 4 is 28.6 Å². The van der Waals surface area contributed by atoms with Crippen molar-refractivity contribution in [1.29, 1.82) is 0 Å². The Morgan fingerprint density at radius 2 is 1.88 bits per heavy atom. The van der Waals surface area contributed by atoms with Gasteiger partial charge in [0.2, 0.25) is 0 Å². The minimum Gasteiger partial charge on any atom is -0.350 e. The van der Waals surface area contributed by atoms with Crippen LogP contribution in [0.4, 0.5) is 30.2 Å². The summed E-state index contributed by atoms with van der Waals surface area (Å²) in [6.07, 6.45) is 3.75. The zero-order chi connectivity index (χ0) is 37.0. The summed E-state index contributed by atoms with van der Waals surface area (Å²) >= 11 is 0. The van der Waals surface area contributed by atoms with Crippen LogP contribution in [-0.4, -0.2) is 93.1 Å². The van der Waals surface area contributed by atoms with Gasteiger partial charge in [-0.25, -0.2) is 4.98 Å². The largest absolute Gasteiger partial charge is 0.416 e. The summed E-state index contributed by atoms with van der Waals surface area (Å²) in [5.41, 5.74) is 4.27. The van der Waals surface area contributed by atoms with E-state index in [0.29, 0.717) is 30.0 Å². The van der Waals surface area contributed by atoms with E-state index in [2.05, 4.69) is 63.4 Å². The van der Waals surface area contributed by atoms with Crippen molar-refractivity contribution in [3.63, 3.8) is 0 Å². The fourth-order valence-corrected chi connectivity index (χ4v) is 6.25. The number of carbonyl (C=O) groups excluding carboxylic acids is 1. The highest BCUT2D eigenvalue weighted by Gasteiger charge is 2.34. The molecular formula is C39H44F3N9O. The lowest BCUT2D eigenvalue weighted by molar-refractivity contribution is -0.138. The van der Waals surface area contributed by atoms with E-state index in [4.69, 9.17) is 0 Å². The normalized spacial score (nSPS) is 15.5. The molecule has 1 atom stereocenters. The molecule has 2 aromatic carbocycles. The SMILES string of the molecule is Cc1ccc(C(=O)Nc2ccc(CN3CCN(C)C(C)C3)c(C(F)(F)F)c2)cc1C#Cc1cnc2c(Nc3cnn(CCCN(C)C)c3)cccn12. The second kappa shape index (κ2) is 15.6. The summed E-state index contributed by atoms with van der Waals surface area (Å²) in [5.74, 6) is 5.81. The number of nitrogens with one attached hydrogen (secondary N) is 2. The van der Waals surface area contributed by atoms with Gasteiger partial charge in [-0.15, -0.1) is 0 Å². The Hall–Kier alpha value is -5.16. The van der Waals surface area contributed by atoms with Crippen LogP contribution in [0, 0.1) is 18.8 Å². The number of alkyl halides is 3. The zero-order valence-electron chi connectivity index (χ0n) is 30.1. The van der Waals surface area contributed by atoms with Crippen LogP contribution in [0.15, 0.2) is 73.3 Å². The lowest BCUT2D eigenvalue weighted by atomic mass is 10.0. The summed E-state index contributed by atoms with van der Waals surface area (Å²) in [7, 11) is 6.12. The number of anilines is 3. The first-order valence-electron chi connectivity index (χ1n) is 17.3. The number of hydrogen-bond acceptors (Lipinski definition) is 7. The predicted molar refractivity (Wildman–Crippen MR) is 198 cm³/mol. The molecule has 10 nitrogen and oxygen atoms in total. The highest BCUT2D eigenvalue weighted by Crippen LogP contribution is 2.35. The van der Waals surface area contributed by atoms with Crippen LogP contribution in [0.3, 0.4) is 0 Å². The number of pyridine rings is 1. The molecule has 0 saturated carbocycles. The Kier molecular flexibility index (Phi) is 11.0. The molecule has 1 fully saturated rings. The monoisotopic (exact) mass is 711 g/mol. The number of fused-ring (bicyclic) bond motifs is 1. The maximum Gasteiger partial charge on any atom is 0.416 e. The average Bonchev–Trinajstić information content (AvgIpc) is 3.73. The van der Waals surface area contributed by atoms with Crippen molar-refractivity contribution in [3.8, 4) is 11.8 Å². The highest BCUT2D eigenvalue weighted by atomic mass is 19.4. The zero-order valence-corrected chi connectivity index (χ0v) is 30.1. The maximum absolute atomic E-state index is 14.2. The lowest BCUT2D eigenvalue weighted by Crippen LogP contribution is -2.49. The minimum atomic E-state index is -4.57. The molecule has 3 aromatic heterocycles. The Morgan fingerprint density at radius 1 is 1.06 bits per heavy atom. The number of nitrogens with zero attached hydrogens (tertiary/aromatic N) is 7. The Bertz CT molecular complexity index is 2110. The predicted octanol–water partition coefficient (Wildman–Crippen LogP) is 6.34. The van der Waals surface area contributed by atoms with Crippen LogP contribution in [0.1, 0.15) is 51.7 Å². The van der Waals surface area contributed by atoms with Crippen LogP contribution in [0.2, 0.25) is 0 Å². The molecule has 0 radical (unpaired) electrons. The number of piperazine rings is 1. The summed E-state index contributed by atoms with van der Waals surface area (Å²) in [6.45, 7) is 8.11. The molecule has 0 spiro atoms. The Balaban J connectivity index is 1.16. The van der Waals surface area contributed by atoms with E-state index in [1.165, 1.54) is 12.1 Å². The smallest absolute Gasteiger partial charge is 0.350 e. The molecule has 1 aliphatic heterocycles. The first-order valence-corrected chi connectivity index (χ1v) is 17.3. The van der Waals surface area contributed by atoms with Crippen LogP contribution < -0.4 is 10.6 Å². The fraction of sp³-hybridized carbons (Fsp3) is 0.359. The highest BCUT2D eigenvalue weighted by molar-refractivity contribution is 6.04. The minimum absolute atomic E-state index is 0.0767. The lowest BCUT2D eigenvalue weighted by Gasteiger charge is -2.38. The van der Waals surface area contributed by atoms with Gasteiger partial charge in [0.25, 0.3) is 5.91 Å². The molecule has 52 heavy (non-hydrogen) atoms. The molecule has 0 bridgehead atoms. The van der Waals surface area contributed by atoms with Crippen LogP contribution in [0.5, 0.6) is 0 Å². The second-order valence-electron chi connectivity index (χ2n) is 13.7. The van der Waals surface area contributed by atoms with Crippen LogP contribution in [0.25, 0.3) is 5.65 Å². The second-order valence-corrected chi connectivity index (χ2v) is 13.7. The van der Waals surface area contributed by atoms with E-state index in [0.717, 1.165) is 49.1 Å². The van der Waals surface area contributed by atoms with Gasteiger partial charge in [-0.3, -0.25) is 18.8 Å². The number of aromatic nitrogens is 4. The topological polar surface area (TPSA) is 86.0 Å². The summed E-state index contributed by atoms with van der Waals surface area (Å²) < 4.78 is 46.4.